The lowest BCUT2D eigenvalue weighted by atomic mass is 9.95. The van der Waals surface area contributed by atoms with Crippen LogP contribution in [0.1, 0.15) is 17.2 Å². The largest absolute Gasteiger partial charge is 0.507 e. The molecule has 0 aromatic heterocycles. The summed E-state index contributed by atoms with van der Waals surface area (Å²) in [4.78, 5) is 26.8. The maximum Gasteiger partial charge on any atom is 0.295 e. The quantitative estimate of drug-likeness (QED) is 0.361. The van der Waals surface area contributed by atoms with Crippen molar-refractivity contribution >= 4 is 17.4 Å². The number of aliphatic hydroxyl groups is 1. The number of rotatable bonds is 6. The molecule has 2 aromatic rings. The highest BCUT2D eigenvalue weighted by atomic mass is 16.5. The first-order chi connectivity index (χ1) is 13.5. The molecule has 1 N–H and O–H groups in total. The van der Waals surface area contributed by atoms with E-state index < -0.39 is 17.7 Å². The normalized spacial score (nSPS) is 18.2. The average molecular weight is 379 g/mol. The molecule has 0 bridgehead atoms. The summed E-state index contributed by atoms with van der Waals surface area (Å²) in [6.07, 6.45) is 1.54. The number of ether oxygens (including phenoxy) is 2. The van der Waals surface area contributed by atoms with Crippen molar-refractivity contribution in [3.63, 3.8) is 0 Å². The SMILES string of the molecule is C=CCN1C(=O)C(=O)/C(=C(\O)c2ccccc2)C1c1ccc(OC)c(OC)c1. The zero-order chi connectivity index (χ0) is 20.3. The lowest BCUT2D eigenvalue weighted by molar-refractivity contribution is -0.139. The van der Waals surface area contributed by atoms with E-state index in [1.807, 2.05) is 0 Å². The van der Waals surface area contributed by atoms with Gasteiger partial charge in [0.1, 0.15) is 5.76 Å². The Hall–Kier alpha value is -3.54. The molecule has 144 valence electrons. The smallest absolute Gasteiger partial charge is 0.295 e. The lowest BCUT2D eigenvalue weighted by Gasteiger charge is -2.24. The van der Waals surface area contributed by atoms with Gasteiger partial charge in [-0.25, -0.2) is 0 Å². The molecule has 0 saturated carbocycles. The topological polar surface area (TPSA) is 76.1 Å². The van der Waals surface area contributed by atoms with Crippen LogP contribution in [0.15, 0.2) is 66.8 Å². The molecule has 1 unspecified atom stereocenters. The van der Waals surface area contributed by atoms with Crippen molar-refractivity contribution in [1.82, 2.24) is 4.90 Å². The predicted octanol–water partition coefficient (Wildman–Crippen LogP) is 3.31. The number of nitrogens with zero attached hydrogens (tertiary/aromatic N) is 1. The van der Waals surface area contributed by atoms with Gasteiger partial charge < -0.3 is 19.5 Å². The van der Waals surface area contributed by atoms with Gasteiger partial charge in [0.2, 0.25) is 0 Å². The van der Waals surface area contributed by atoms with Gasteiger partial charge in [-0.2, -0.15) is 0 Å². The Kier molecular flexibility index (Phi) is 5.49. The molecule has 1 amide bonds. The van der Waals surface area contributed by atoms with E-state index >= 15 is 0 Å². The molecule has 2 aromatic carbocycles. The molecule has 1 aliphatic heterocycles. The van der Waals surface area contributed by atoms with Crippen LogP contribution in [0.5, 0.6) is 11.5 Å². The van der Waals surface area contributed by atoms with Crippen LogP contribution in [0.4, 0.5) is 0 Å². The number of hydrogen-bond acceptors (Lipinski definition) is 5. The molecule has 0 radical (unpaired) electrons. The monoisotopic (exact) mass is 379 g/mol. The Labute approximate surface area is 163 Å². The number of hydrogen-bond donors (Lipinski definition) is 1. The van der Waals surface area contributed by atoms with Crippen molar-refractivity contribution < 1.29 is 24.2 Å². The first-order valence-electron chi connectivity index (χ1n) is 8.70. The number of methoxy groups -OCH3 is 2. The minimum Gasteiger partial charge on any atom is -0.507 e. The molecule has 0 spiro atoms. The highest BCUT2D eigenvalue weighted by Gasteiger charge is 2.45. The minimum absolute atomic E-state index is 0.0327. The molecule has 6 heteroatoms. The minimum atomic E-state index is -0.766. The first kappa shape index (κ1) is 19.2. The van der Waals surface area contributed by atoms with Crippen LogP contribution in [0.25, 0.3) is 5.76 Å². The van der Waals surface area contributed by atoms with Gasteiger partial charge in [-0.05, 0) is 17.7 Å². The standard InChI is InChI=1S/C22H21NO5/c1-4-12-23-19(15-10-11-16(27-2)17(13-15)28-3)18(21(25)22(23)26)20(24)14-8-6-5-7-9-14/h4-11,13,19,24H,1,12H2,2-3H3/b20-18-. The maximum atomic E-state index is 12.8. The average Bonchev–Trinajstić information content (AvgIpc) is 2.98. The second-order valence-electron chi connectivity index (χ2n) is 6.22. The number of benzene rings is 2. The molecule has 1 atom stereocenters. The second kappa shape index (κ2) is 8.00. The molecular weight excluding hydrogens is 358 g/mol. The summed E-state index contributed by atoms with van der Waals surface area (Å²) in [7, 11) is 3.03. The van der Waals surface area contributed by atoms with Gasteiger partial charge in [-0.3, -0.25) is 9.59 Å². The van der Waals surface area contributed by atoms with E-state index in [-0.39, 0.29) is 17.9 Å². The third-order valence-corrected chi connectivity index (χ3v) is 4.64. The maximum absolute atomic E-state index is 12.8. The van der Waals surface area contributed by atoms with Crippen molar-refractivity contribution in [2.45, 2.75) is 6.04 Å². The predicted molar refractivity (Wildman–Crippen MR) is 105 cm³/mol. The number of carbonyl (C=O) groups is 2. The van der Waals surface area contributed by atoms with Gasteiger partial charge in [-0.1, -0.05) is 42.5 Å². The van der Waals surface area contributed by atoms with Crippen molar-refractivity contribution in [2.24, 2.45) is 0 Å². The second-order valence-corrected chi connectivity index (χ2v) is 6.22. The van der Waals surface area contributed by atoms with Crippen LogP contribution >= 0.6 is 0 Å². The number of ketones is 1. The van der Waals surface area contributed by atoms with Crippen molar-refractivity contribution in [3.8, 4) is 11.5 Å². The summed E-state index contributed by atoms with van der Waals surface area (Å²) < 4.78 is 10.6. The third-order valence-electron chi connectivity index (χ3n) is 4.64. The van der Waals surface area contributed by atoms with Crippen LogP contribution in [-0.2, 0) is 9.59 Å². The first-order valence-corrected chi connectivity index (χ1v) is 8.70. The van der Waals surface area contributed by atoms with Crippen LogP contribution in [0.3, 0.4) is 0 Å². The van der Waals surface area contributed by atoms with E-state index in [0.29, 0.717) is 22.6 Å². The molecule has 28 heavy (non-hydrogen) atoms. The highest BCUT2D eigenvalue weighted by Crippen LogP contribution is 2.41. The van der Waals surface area contributed by atoms with Gasteiger partial charge in [-0.15, -0.1) is 6.58 Å². The van der Waals surface area contributed by atoms with E-state index in [2.05, 4.69) is 6.58 Å². The van der Waals surface area contributed by atoms with Crippen LogP contribution in [0, 0.1) is 0 Å². The van der Waals surface area contributed by atoms with Gasteiger partial charge in [0.15, 0.2) is 11.5 Å². The summed E-state index contributed by atoms with van der Waals surface area (Å²) >= 11 is 0. The molecule has 1 heterocycles. The van der Waals surface area contributed by atoms with Crippen LogP contribution in [0.2, 0.25) is 0 Å². The van der Waals surface area contributed by atoms with Crippen LogP contribution in [-0.4, -0.2) is 42.5 Å². The Morgan fingerprint density at radius 3 is 2.39 bits per heavy atom. The Morgan fingerprint density at radius 1 is 1.11 bits per heavy atom. The summed E-state index contributed by atoms with van der Waals surface area (Å²) in [5.41, 5.74) is 1.12. The fourth-order valence-electron chi connectivity index (χ4n) is 3.33. The van der Waals surface area contributed by atoms with Gasteiger partial charge in [0.05, 0.1) is 25.8 Å². The highest BCUT2D eigenvalue weighted by molar-refractivity contribution is 6.46. The van der Waals surface area contributed by atoms with E-state index in [1.54, 1.807) is 54.6 Å². The lowest BCUT2D eigenvalue weighted by Crippen LogP contribution is -2.29. The third kappa shape index (κ3) is 3.24. The molecular formula is C22H21NO5. The number of carbonyl (C=O) groups excluding carboxylic acids is 2. The van der Waals surface area contributed by atoms with E-state index in [0.717, 1.165) is 0 Å². The molecule has 0 aliphatic carbocycles. The molecule has 1 saturated heterocycles. The van der Waals surface area contributed by atoms with Crippen LogP contribution < -0.4 is 9.47 Å². The summed E-state index contributed by atoms with van der Waals surface area (Å²) in [6, 6.07) is 13.0. The van der Waals surface area contributed by atoms with Crippen molar-refractivity contribution in [2.75, 3.05) is 20.8 Å². The molecule has 1 aliphatic rings. The summed E-state index contributed by atoms with van der Waals surface area (Å²) in [6.45, 7) is 3.83. The summed E-state index contributed by atoms with van der Waals surface area (Å²) in [5, 5.41) is 10.9. The van der Waals surface area contributed by atoms with E-state index in [9.17, 15) is 14.7 Å². The van der Waals surface area contributed by atoms with Gasteiger partial charge in [0.25, 0.3) is 11.7 Å². The van der Waals surface area contributed by atoms with E-state index in [1.165, 1.54) is 19.1 Å². The molecule has 6 nitrogen and oxygen atoms in total. The fraction of sp³-hybridized carbons (Fsp3) is 0.182. The van der Waals surface area contributed by atoms with Gasteiger partial charge in [0, 0.05) is 12.1 Å². The number of amides is 1. The molecule has 3 rings (SSSR count). The number of Topliss-reactive ketones (excluding diaryl/α,β-unsaturated/α-hetero) is 1. The fourth-order valence-corrected chi connectivity index (χ4v) is 3.33. The zero-order valence-electron chi connectivity index (χ0n) is 15.7. The van der Waals surface area contributed by atoms with Crippen molar-refractivity contribution in [1.29, 1.82) is 0 Å². The van der Waals surface area contributed by atoms with Crippen molar-refractivity contribution in [3.05, 3.63) is 77.9 Å². The molecule has 1 fully saturated rings. The number of aliphatic hydroxyl groups excluding tert-OH is 1. The summed E-state index contributed by atoms with van der Waals surface area (Å²) in [5.74, 6) is -0.649. The van der Waals surface area contributed by atoms with Gasteiger partial charge >= 0.3 is 0 Å². The Balaban J connectivity index is 2.21. The Bertz CT molecular complexity index is 949. The van der Waals surface area contributed by atoms with E-state index in [4.69, 9.17) is 9.47 Å². The number of likely N-dealkylation sites (tertiary alicyclic amines) is 1. The zero-order valence-corrected chi connectivity index (χ0v) is 15.7. The Morgan fingerprint density at radius 2 is 1.79 bits per heavy atom.